The Morgan fingerprint density at radius 1 is 1.08 bits per heavy atom. The minimum Gasteiger partial charge on any atom is -0.351 e. The normalized spacial score (nSPS) is 11.5. The van der Waals surface area contributed by atoms with Crippen LogP contribution in [-0.4, -0.2) is 44.5 Å². The van der Waals surface area contributed by atoms with E-state index < -0.39 is 10.0 Å². The zero-order valence-electron chi connectivity index (χ0n) is 14.0. The van der Waals surface area contributed by atoms with E-state index in [1.165, 1.54) is 10.6 Å². The second kappa shape index (κ2) is 8.99. The molecule has 2 aromatic rings. The van der Waals surface area contributed by atoms with Gasteiger partial charge in [-0.15, -0.1) is 0 Å². The average Bonchev–Trinajstić information content (AvgIpc) is 2.57. The lowest BCUT2D eigenvalue weighted by Gasteiger charge is -2.20. The molecular weight excluding hydrogens is 360 g/mol. The van der Waals surface area contributed by atoms with Gasteiger partial charge in [0, 0.05) is 30.2 Å². The summed E-state index contributed by atoms with van der Waals surface area (Å²) in [4.78, 5) is 12.1. The summed E-state index contributed by atoms with van der Waals surface area (Å²) in [5, 5.41) is 3.20. The van der Waals surface area contributed by atoms with Crippen LogP contribution < -0.4 is 5.32 Å². The summed E-state index contributed by atoms with van der Waals surface area (Å²) >= 11 is 5.87. The molecule has 25 heavy (non-hydrogen) atoms. The quantitative estimate of drug-likeness (QED) is 0.765. The molecule has 2 rings (SSSR count). The van der Waals surface area contributed by atoms with Crippen molar-refractivity contribution in [2.45, 2.75) is 6.42 Å². The lowest BCUT2D eigenvalue weighted by Crippen LogP contribution is -2.39. The van der Waals surface area contributed by atoms with Crippen LogP contribution in [0.25, 0.3) is 0 Å². The van der Waals surface area contributed by atoms with E-state index in [9.17, 15) is 13.2 Å². The van der Waals surface area contributed by atoms with Crippen molar-refractivity contribution in [1.82, 2.24) is 9.62 Å². The van der Waals surface area contributed by atoms with Crippen LogP contribution in [0.15, 0.2) is 54.6 Å². The number of carbonyl (C=O) groups is 1. The molecule has 0 aromatic heterocycles. The SMILES string of the molecule is CS(=O)(=O)N(CCNC(=O)c1cccc(Cl)c1)CCc1ccccc1. The maximum absolute atomic E-state index is 12.1. The van der Waals surface area contributed by atoms with E-state index in [1.807, 2.05) is 30.3 Å². The first kappa shape index (κ1) is 19.4. The Balaban J connectivity index is 1.89. The van der Waals surface area contributed by atoms with Crippen LogP contribution in [0.3, 0.4) is 0 Å². The number of hydrogen-bond donors (Lipinski definition) is 1. The third kappa shape index (κ3) is 6.49. The summed E-state index contributed by atoms with van der Waals surface area (Å²) in [5.41, 5.74) is 1.52. The molecule has 0 radical (unpaired) electrons. The Morgan fingerprint density at radius 3 is 2.44 bits per heavy atom. The molecule has 0 fully saturated rings. The molecule has 0 aliphatic rings. The second-order valence-electron chi connectivity index (χ2n) is 5.66. The zero-order valence-corrected chi connectivity index (χ0v) is 15.6. The van der Waals surface area contributed by atoms with Gasteiger partial charge in [-0.2, -0.15) is 0 Å². The van der Waals surface area contributed by atoms with E-state index >= 15 is 0 Å². The van der Waals surface area contributed by atoms with Crippen LogP contribution >= 0.6 is 11.6 Å². The molecule has 0 bridgehead atoms. The molecule has 0 atom stereocenters. The Labute approximate surface area is 153 Å². The van der Waals surface area contributed by atoms with Crippen LogP contribution in [0.1, 0.15) is 15.9 Å². The van der Waals surface area contributed by atoms with Crippen LogP contribution in [0.2, 0.25) is 5.02 Å². The first-order valence-corrected chi connectivity index (χ1v) is 10.1. The van der Waals surface area contributed by atoms with Gasteiger partial charge in [0.2, 0.25) is 10.0 Å². The lowest BCUT2D eigenvalue weighted by atomic mass is 10.1. The summed E-state index contributed by atoms with van der Waals surface area (Å²) in [6, 6.07) is 16.3. The van der Waals surface area contributed by atoms with Gasteiger partial charge in [-0.05, 0) is 30.2 Å². The fourth-order valence-corrected chi connectivity index (χ4v) is 3.40. The van der Waals surface area contributed by atoms with Crippen molar-refractivity contribution in [3.63, 3.8) is 0 Å². The molecule has 5 nitrogen and oxygen atoms in total. The summed E-state index contributed by atoms with van der Waals surface area (Å²) in [7, 11) is -3.34. The van der Waals surface area contributed by atoms with Gasteiger partial charge in [0.15, 0.2) is 0 Å². The Hall–Kier alpha value is -1.89. The number of hydrogen-bond acceptors (Lipinski definition) is 3. The fraction of sp³-hybridized carbons (Fsp3) is 0.278. The van der Waals surface area contributed by atoms with Crippen LogP contribution in [0.4, 0.5) is 0 Å². The van der Waals surface area contributed by atoms with Crippen LogP contribution in [-0.2, 0) is 16.4 Å². The molecule has 2 aromatic carbocycles. The molecule has 1 amide bonds. The Morgan fingerprint density at radius 2 is 1.80 bits per heavy atom. The van der Waals surface area contributed by atoms with Gasteiger partial charge in [-0.1, -0.05) is 48.0 Å². The molecule has 1 N–H and O–H groups in total. The molecular formula is C18H21ClN2O3S. The van der Waals surface area contributed by atoms with Crippen molar-refractivity contribution in [2.24, 2.45) is 0 Å². The number of amides is 1. The highest BCUT2D eigenvalue weighted by Crippen LogP contribution is 2.10. The maximum Gasteiger partial charge on any atom is 0.251 e. The minimum absolute atomic E-state index is 0.220. The molecule has 0 heterocycles. The molecule has 0 aliphatic carbocycles. The topological polar surface area (TPSA) is 66.5 Å². The molecule has 0 aliphatic heterocycles. The zero-order chi connectivity index (χ0) is 18.3. The van der Waals surface area contributed by atoms with Gasteiger partial charge in [-0.3, -0.25) is 4.79 Å². The van der Waals surface area contributed by atoms with Crippen molar-refractivity contribution >= 4 is 27.5 Å². The number of halogens is 1. The number of benzene rings is 2. The smallest absolute Gasteiger partial charge is 0.251 e. The second-order valence-corrected chi connectivity index (χ2v) is 8.08. The molecule has 0 saturated carbocycles. The van der Waals surface area contributed by atoms with E-state index in [4.69, 9.17) is 11.6 Å². The molecule has 0 saturated heterocycles. The number of nitrogens with zero attached hydrogens (tertiary/aromatic N) is 1. The van der Waals surface area contributed by atoms with Crippen LogP contribution in [0, 0.1) is 0 Å². The molecule has 134 valence electrons. The molecule has 0 unspecified atom stereocenters. The van der Waals surface area contributed by atoms with E-state index in [-0.39, 0.29) is 19.0 Å². The molecule has 0 spiro atoms. The van der Waals surface area contributed by atoms with E-state index in [2.05, 4.69) is 5.32 Å². The summed E-state index contributed by atoms with van der Waals surface area (Å²) in [5.74, 6) is -0.279. The number of rotatable bonds is 8. The summed E-state index contributed by atoms with van der Waals surface area (Å²) in [6.45, 7) is 0.820. The summed E-state index contributed by atoms with van der Waals surface area (Å²) < 4.78 is 25.3. The monoisotopic (exact) mass is 380 g/mol. The van der Waals surface area contributed by atoms with Crippen molar-refractivity contribution < 1.29 is 13.2 Å². The van der Waals surface area contributed by atoms with E-state index in [0.717, 1.165) is 5.56 Å². The average molecular weight is 381 g/mol. The van der Waals surface area contributed by atoms with E-state index in [1.54, 1.807) is 24.3 Å². The largest absolute Gasteiger partial charge is 0.351 e. The lowest BCUT2D eigenvalue weighted by molar-refractivity contribution is 0.0951. The van der Waals surface area contributed by atoms with Crippen molar-refractivity contribution in [1.29, 1.82) is 0 Å². The fourth-order valence-electron chi connectivity index (χ4n) is 2.37. The highest BCUT2D eigenvalue weighted by molar-refractivity contribution is 7.88. The molecule has 7 heteroatoms. The maximum atomic E-state index is 12.1. The number of nitrogens with one attached hydrogen (secondary N) is 1. The predicted octanol–water partition coefficient (Wildman–Crippen LogP) is 2.57. The Kier molecular flexibility index (Phi) is 6.99. The van der Waals surface area contributed by atoms with Gasteiger partial charge < -0.3 is 5.32 Å². The van der Waals surface area contributed by atoms with Gasteiger partial charge in [0.25, 0.3) is 5.91 Å². The van der Waals surface area contributed by atoms with Crippen molar-refractivity contribution in [3.8, 4) is 0 Å². The van der Waals surface area contributed by atoms with Gasteiger partial charge in [0.05, 0.1) is 6.26 Å². The predicted molar refractivity (Wildman–Crippen MR) is 100 cm³/mol. The highest BCUT2D eigenvalue weighted by Gasteiger charge is 2.16. The standard InChI is InChI=1S/C18H21ClN2O3S/c1-25(23,24)21(12-10-15-6-3-2-4-7-15)13-11-20-18(22)16-8-5-9-17(19)14-16/h2-9,14H,10-13H2,1H3,(H,20,22). The third-order valence-corrected chi connectivity index (χ3v) is 5.23. The highest BCUT2D eigenvalue weighted by atomic mass is 35.5. The number of sulfonamides is 1. The van der Waals surface area contributed by atoms with E-state index in [0.29, 0.717) is 23.6 Å². The first-order valence-electron chi connectivity index (χ1n) is 7.89. The summed E-state index contributed by atoms with van der Waals surface area (Å²) in [6.07, 6.45) is 1.80. The van der Waals surface area contributed by atoms with Crippen molar-refractivity contribution in [2.75, 3.05) is 25.9 Å². The van der Waals surface area contributed by atoms with Gasteiger partial charge >= 0.3 is 0 Å². The van der Waals surface area contributed by atoms with Gasteiger partial charge in [-0.25, -0.2) is 12.7 Å². The minimum atomic E-state index is -3.34. The van der Waals surface area contributed by atoms with Crippen LogP contribution in [0.5, 0.6) is 0 Å². The third-order valence-electron chi connectivity index (χ3n) is 3.70. The van der Waals surface area contributed by atoms with Crippen molar-refractivity contribution in [3.05, 3.63) is 70.7 Å². The number of carbonyl (C=O) groups excluding carboxylic acids is 1. The Bertz CT molecular complexity index is 810. The van der Waals surface area contributed by atoms with Gasteiger partial charge in [0.1, 0.15) is 0 Å². The first-order chi connectivity index (χ1) is 11.9.